The lowest BCUT2D eigenvalue weighted by Gasteiger charge is -2.45. The van der Waals surface area contributed by atoms with Gasteiger partial charge in [-0.05, 0) is 34.1 Å². The van der Waals surface area contributed by atoms with Gasteiger partial charge in [-0.2, -0.15) is 5.10 Å². The summed E-state index contributed by atoms with van der Waals surface area (Å²) >= 11 is 0. The summed E-state index contributed by atoms with van der Waals surface area (Å²) in [6.45, 7) is 12.8. The van der Waals surface area contributed by atoms with Gasteiger partial charge in [-0.3, -0.25) is 9.89 Å². The molecular formula is C20H38IN7O2. The summed E-state index contributed by atoms with van der Waals surface area (Å²) in [5, 5.41) is 11.6. The van der Waals surface area contributed by atoms with E-state index in [-0.39, 0.29) is 47.8 Å². The van der Waals surface area contributed by atoms with Crippen LogP contribution in [0.2, 0.25) is 0 Å². The molecule has 0 aliphatic carbocycles. The van der Waals surface area contributed by atoms with E-state index >= 15 is 0 Å². The van der Waals surface area contributed by atoms with Crippen molar-refractivity contribution in [3.05, 3.63) is 11.6 Å². The van der Waals surface area contributed by atoms with Crippen LogP contribution in [0, 0.1) is 0 Å². The quantitative estimate of drug-likeness (QED) is 0.324. The largest absolute Gasteiger partial charge is 0.377 e. The van der Waals surface area contributed by atoms with Crippen molar-refractivity contribution in [2.24, 2.45) is 4.99 Å². The van der Waals surface area contributed by atoms with E-state index in [1.807, 2.05) is 11.7 Å². The Morgan fingerprint density at radius 3 is 2.60 bits per heavy atom. The van der Waals surface area contributed by atoms with Crippen molar-refractivity contribution in [2.75, 3.05) is 33.8 Å². The first kappa shape index (κ1) is 25.3. The van der Waals surface area contributed by atoms with Gasteiger partial charge in [0.2, 0.25) is 0 Å². The zero-order valence-corrected chi connectivity index (χ0v) is 21.5. The molecule has 2 aliphatic heterocycles. The van der Waals surface area contributed by atoms with Crippen molar-refractivity contribution in [3.8, 4) is 0 Å². The van der Waals surface area contributed by atoms with Crippen molar-refractivity contribution in [1.29, 1.82) is 0 Å². The van der Waals surface area contributed by atoms with Gasteiger partial charge in [-0.25, -0.2) is 9.67 Å². The summed E-state index contributed by atoms with van der Waals surface area (Å²) in [6.07, 6.45) is 2.43. The van der Waals surface area contributed by atoms with Crippen LogP contribution in [-0.4, -0.2) is 83.2 Å². The number of nitrogens with zero attached hydrogens (tertiary/aromatic N) is 5. The Kier molecular flexibility index (Phi) is 9.32. The molecule has 0 radical (unpaired) electrons. The highest BCUT2D eigenvalue weighted by molar-refractivity contribution is 14.0. The molecule has 1 aromatic heterocycles. The van der Waals surface area contributed by atoms with Gasteiger partial charge in [-0.15, -0.1) is 24.0 Å². The molecule has 0 saturated carbocycles. The number of rotatable bonds is 6. The number of aliphatic imine (C=N–C) groups is 1. The second-order valence-corrected chi connectivity index (χ2v) is 8.84. The van der Waals surface area contributed by atoms with E-state index < -0.39 is 0 Å². The summed E-state index contributed by atoms with van der Waals surface area (Å²) in [4.78, 5) is 11.5. The second-order valence-electron chi connectivity index (χ2n) is 8.84. The number of fused-ring (bicyclic) bond motifs is 1. The molecule has 9 nitrogen and oxygen atoms in total. The number of nitrogens with one attached hydrogen (secondary N) is 2. The molecule has 0 spiro atoms. The van der Waals surface area contributed by atoms with Gasteiger partial charge in [0.05, 0.1) is 18.8 Å². The second kappa shape index (κ2) is 11.1. The molecular weight excluding hydrogens is 497 g/mol. The van der Waals surface area contributed by atoms with Crippen molar-refractivity contribution in [2.45, 2.75) is 77.5 Å². The average Bonchev–Trinajstić information content (AvgIpc) is 3.06. The number of ether oxygens (including phenoxy) is 2. The van der Waals surface area contributed by atoms with Crippen LogP contribution in [0.4, 0.5) is 0 Å². The first-order valence-corrected chi connectivity index (χ1v) is 10.6. The van der Waals surface area contributed by atoms with Crippen LogP contribution >= 0.6 is 24.0 Å². The molecule has 3 rings (SSSR count). The zero-order valence-electron chi connectivity index (χ0n) is 19.1. The standard InChI is InChI=1S/C20H37N7O2.HI/c1-14-9-26(10-15(2)29-14)20(3,4)13-22-19(21-5)23-16-7-8-18-24-17(12-28-6)25-27(18)11-16;/h14-16H,7-13H2,1-6H3,(H2,21,22,23);1H. The minimum Gasteiger partial charge on any atom is -0.377 e. The van der Waals surface area contributed by atoms with E-state index in [2.05, 4.69) is 58.3 Å². The number of methoxy groups -OCH3 is 1. The molecule has 0 amide bonds. The Labute approximate surface area is 197 Å². The van der Waals surface area contributed by atoms with E-state index in [1.165, 1.54) is 0 Å². The molecule has 3 unspecified atom stereocenters. The fourth-order valence-electron chi connectivity index (χ4n) is 4.14. The van der Waals surface area contributed by atoms with Crippen molar-refractivity contribution in [3.63, 3.8) is 0 Å². The van der Waals surface area contributed by atoms with Crippen LogP contribution in [0.25, 0.3) is 0 Å². The Balaban J connectivity index is 0.00000320. The van der Waals surface area contributed by atoms with Gasteiger partial charge >= 0.3 is 0 Å². The van der Waals surface area contributed by atoms with Crippen molar-refractivity contribution in [1.82, 2.24) is 30.3 Å². The maximum Gasteiger partial charge on any atom is 0.191 e. The maximum atomic E-state index is 5.89. The third-order valence-electron chi connectivity index (χ3n) is 5.70. The molecule has 30 heavy (non-hydrogen) atoms. The minimum absolute atomic E-state index is 0. The summed E-state index contributed by atoms with van der Waals surface area (Å²) in [5.41, 5.74) is 0.00458. The van der Waals surface area contributed by atoms with Crippen molar-refractivity contribution < 1.29 is 9.47 Å². The monoisotopic (exact) mass is 535 g/mol. The molecule has 1 saturated heterocycles. The van der Waals surface area contributed by atoms with E-state index in [4.69, 9.17) is 9.47 Å². The lowest BCUT2D eigenvalue weighted by atomic mass is 10.00. The Hall–Kier alpha value is -0.980. The predicted octanol–water partition coefficient (Wildman–Crippen LogP) is 1.41. The van der Waals surface area contributed by atoms with Crippen LogP contribution in [0.15, 0.2) is 4.99 Å². The normalized spacial score (nSPS) is 25.4. The van der Waals surface area contributed by atoms with Crippen LogP contribution < -0.4 is 10.6 Å². The predicted molar refractivity (Wildman–Crippen MR) is 128 cm³/mol. The van der Waals surface area contributed by atoms with Crippen LogP contribution in [-0.2, 0) is 29.0 Å². The fraction of sp³-hybridized carbons (Fsp3) is 0.850. The SMILES string of the molecule is CN=C(NCC(C)(C)N1CC(C)OC(C)C1)NC1CCc2nc(COC)nn2C1.I. The Bertz CT molecular complexity index is 699. The summed E-state index contributed by atoms with van der Waals surface area (Å²) in [6, 6.07) is 0.275. The third kappa shape index (κ3) is 6.51. The Morgan fingerprint density at radius 2 is 1.97 bits per heavy atom. The third-order valence-corrected chi connectivity index (χ3v) is 5.70. The van der Waals surface area contributed by atoms with Crippen LogP contribution in [0.3, 0.4) is 0 Å². The maximum absolute atomic E-state index is 5.89. The molecule has 0 aromatic carbocycles. The smallest absolute Gasteiger partial charge is 0.191 e. The number of morpholine rings is 1. The number of guanidine groups is 1. The van der Waals surface area contributed by atoms with Gasteiger partial charge < -0.3 is 20.1 Å². The molecule has 2 aliphatic rings. The average molecular weight is 535 g/mol. The van der Waals surface area contributed by atoms with Crippen LogP contribution in [0.5, 0.6) is 0 Å². The van der Waals surface area contributed by atoms with Gasteiger partial charge in [0.15, 0.2) is 11.8 Å². The van der Waals surface area contributed by atoms with Crippen LogP contribution in [0.1, 0.15) is 45.8 Å². The van der Waals surface area contributed by atoms with Gasteiger partial charge in [0.25, 0.3) is 0 Å². The Morgan fingerprint density at radius 1 is 1.27 bits per heavy atom. The van der Waals surface area contributed by atoms with Crippen molar-refractivity contribution >= 4 is 29.9 Å². The highest BCUT2D eigenvalue weighted by atomic mass is 127. The zero-order chi connectivity index (χ0) is 21.0. The van der Waals surface area contributed by atoms with E-state index in [0.29, 0.717) is 6.61 Å². The molecule has 172 valence electrons. The van der Waals surface area contributed by atoms with E-state index in [0.717, 1.165) is 56.6 Å². The molecule has 10 heteroatoms. The molecule has 3 heterocycles. The van der Waals surface area contributed by atoms with Gasteiger partial charge in [0.1, 0.15) is 12.4 Å². The number of hydrogen-bond donors (Lipinski definition) is 2. The molecule has 3 atom stereocenters. The molecule has 1 aromatic rings. The highest BCUT2D eigenvalue weighted by Gasteiger charge is 2.33. The van der Waals surface area contributed by atoms with Gasteiger partial charge in [-0.1, -0.05) is 0 Å². The van der Waals surface area contributed by atoms with E-state index in [9.17, 15) is 0 Å². The van der Waals surface area contributed by atoms with Gasteiger partial charge in [0, 0.05) is 51.8 Å². The molecule has 1 fully saturated rings. The minimum atomic E-state index is 0. The number of hydrogen-bond acceptors (Lipinski definition) is 6. The molecule has 0 bridgehead atoms. The topological polar surface area (TPSA) is 88.8 Å². The summed E-state index contributed by atoms with van der Waals surface area (Å²) in [5.74, 6) is 2.62. The number of aromatic nitrogens is 3. The lowest BCUT2D eigenvalue weighted by Crippen LogP contribution is -2.60. The summed E-state index contributed by atoms with van der Waals surface area (Å²) in [7, 11) is 3.49. The number of halogens is 1. The fourth-order valence-corrected chi connectivity index (χ4v) is 4.14. The summed E-state index contributed by atoms with van der Waals surface area (Å²) < 4.78 is 13.0. The lowest BCUT2D eigenvalue weighted by molar-refractivity contribution is -0.0946. The number of aryl methyl sites for hydroxylation is 1. The molecule has 2 N–H and O–H groups in total. The van der Waals surface area contributed by atoms with E-state index in [1.54, 1.807) is 7.11 Å². The highest BCUT2D eigenvalue weighted by Crippen LogP contribution is 2.20. The first-order valence-electron chi connectivity index (χ1n) is 10.6. The first-order chi connectivity index (χ1) is 13.8.